The zero-order valence-electron chi connectivity index (χ0n) is 11.7. The number of nitrogens with zero attached hydrogens (tertiary/aromatic N) is 1. The molecule has 0 spiro atoms. The number of carbonyl (C=O) groups is 1. The zero-order chi connectivity index (χ0) is 14.3. The van der Waals surface area contributed by atoms with Crippen LogP contribution in [0.5, 0.6) is 5.88 Å². The molecule has 0 radical (unpaired) electrons. The van der Waals surface area contributed by atoms with Gasteiger partial charge in [0.05, 0.1) is 18.5 Å². The normalized spacial score (nSPS) is 10.9. The molecule has 1 amide bonds. The molecule has 1 aromatic heterocycles. The highest BCUT2D eigenvalue weighted by Gasteiger charge is 2.16. The van der Waals surface area contributed by atoms with Crippen LogP contribution in [0.1, 0.15) is 20.8 Å². The maximum absolute atomic E-state index is 11.5. The van der Waals surface area contributed by atoms with Gasteiger partial charge in [0.2, 0.25) is 5.88 Å². The number of aromatic nitrogens is 1. The average Bonchev–Trinajstić information content (AvgIpc) is 2.29. The molecule has 1 heterocycles. The molecule has 1 aromatic rings. The Balaban J connectivity index is 2.45. The molecule has 0 aliphatic rings. The highest BCUT2D eigenvalue weighted by Crippen LogP contribution is 2.13. The second-order valence-corrected chi connectivity index (χ2v) is 4.85. The molecule has 106 valence electrons. The van der Waals surface area contributed by atoms with E-state index in [0.29, 0.717) is 24.8 Å². The van der Waals surface area contributed by atoms with Crippen LogP contribution in [0.2, 0.25) is 0 Å². The van der Waals surface area contributed by atoms with Crippen molar-refractivity contribution in [2.24, 2.45) is 0 Å². The van der Waals surface area contributed by atoms with Crippen molar-refractivity contribution in [1.29, 1.82) is 0 Å². The first-order valence-corrected chi connectivity index (χ1v) is 5.98. The molecule has 6 nitrogen and oxygen atoms in total. The number of rotatable bonds is 5. The number of anilines is 1. The predicted octanol–water partition coefficient (Wildman–Crippen LogP) is 2.45. The lowest BCUT2D eigenvalue weighted by atomic mass is 10.2. The van der Waals surface area contributed by atoms with Crippen molar-refractivity contribution < 1.29 is 19.0 Å². The number of hydrogen-bond acceptors (Lipinski definition) is 5. The Kier molecular flexibility index (Phi) is 5.57. The summed E-state index contributed by atoms with van der Waals surface area (Å²) in [6.45, 7) is 6.34. The number of methoxy groups -OCH3 is 1. The highest BCUT2D eigenvalue weighted by molar-refractivity contribution is 5.84. The standard InChI is InChI=1S/C13H20N2O4/c1-13(2,3)19-12(16)15-10-5-6-11(14-9-10)18-8-7-17-4/h5-6,9H,7-8H2,1-4H3,(H,15,16). The summed E-state index contributed by atoms with van der Waals surface area (Å²) in [7, 11) is 1.60. The number of carbonyl (C=O) groups excluding carboxylic acids is 1. The molecule has 0 aliphatic carbocycles. The van der Waals surface area contributed by atoms with Crippen molar-refractivity contribution in [1.82, 2.24) is 4.98 Å². The minimum atomic E-state index is -0.527. The summed E-state index contributed by atoms with van der Waals surface area (Å²) < 4.78 is 15.3. The van der Waals surface area contributed by atoms with E-state index in [1.54, 1.807) is 40.0 Å². The van der Waals surface area contributed by atoms with Gasteiger partial charge in [0, 0.05) is 13.2 Å². The first-order chi connectivity index (χ1) is 8.90. The predicted molar refractivity (Wildman–Crippen MR) is 71.5 cm³/mol. The van der Waals surface area contributed by atoms with Crippen LogP contribution in [-0.2, 0) is 9.47 Å². The smallest absolute Gasteiger partial charge is 0.412 e. The Morgan fingerprint density at radius 1 is 1.32 bits per heavy atom. The van der Waals surface area contributed by atoms with Crippen molar-refractivity contribution in [3.63, 3.8) is 0 Å². The van der Waals surface area contributed by atoms with E-state index in [9.17, 15) is 4.79 Å². The second kappa shape index (κ2) is 6.94. The van der Waals surface area contributed by atoms with E-state index in [0.717, 1.165) is 0 Å². The third-order valence-corrected chi connectivity index (χ3v) is 1.92. The lowest BCUT2D eigenvalue weighted by Crippen LogP contribution is -2.27. The quantitative estimate of drug-likeness (QED) is 0.831. The molecule has 0 aromatic carbocycles. The molecule has 0 saturated carbocycles. The van der Waals surface area contributed by atoms with E-state index in [4.69, 9.17) is 14.2 Å². The minimum absolute atomic E-state index is 0.433. The average molecular weight is 268 g/mol. The second-order valence-electron chi connectivity index (χ2n) is 4.85. The van der Waals surface area contributed by atoms with Crippen molar-refractivity contribution in [3.05, 3.63) is 18.3 Å². The van der Waals surface area contributed by atoms with Crippen molar-refractivity contribution >= 4 is 11.8 Å². The van der Waals surface area contributed by atoms with Crippen LogP contribution in [0.25, 0.3) is 0 Å². The monoisotopic (exact) mass is 268 g/mol. The third-order valence-electron chi connectivity index (χ3n) is 1.92. The lowest BCUT2D eigenvalue weighted by molar-refractivity contribution is 0.0636. The fourth-order valence-electron chi connectivity index (χ4n) is 1.19. The molecule has 1 N–H and O–H groups in total. The summed E-state index contributed by atoms with van der Waals surface area (Å²) >= 11 is 0. The molecule has 0 unspecified atom stereocenters. The van der Waals surface area contributed by atoms with E-state index in [1.165, 1.54) is 6.20 Å². The Morgan fingerprint density at radius 2 is 2.05 bits per heavy atom. The summed E-state index contributed by atoms with van der Waals surface area (Å²) in [5, 5.41) is 2.59. The number of ether oxygens (including phenoxy) is 3. The van der Waals surface area contributed by atoms with Gasteiger partial charge >= 0.3 is 6.09 Å². The molecule has 0 atom stereocenters. The van der Waals surface area contributed by atoms with Gasteiger partial charge in [0.25, 0.3) is 0 Å². The molecular weight excluding hydrogens is 248 g/mol. The summed E-state index contributed by atoms with van der Waals surface area (Å²) in [4.78, 5) is 15.6. The molecule has 0 bridgehead atoms. The maximum atomic E-state index is 11.5. The van der Waals surface area contributed by atoms with E-state index in [-0.39, 0.29) is 0 Å². The van der Waals surface area contributed by atoms with Crippen LogP contribution < -0.4 is 10.1 Å². The van der Waals surface area contributed by atoms with Crippen molar-refractivity contribution in [2.45, 2.75) is 26.4 Å². The van der Waals surface area contributed by atoms with Crippen LogP contribution in [0.3, 0.4) is 0 Å². The SMILES string of the molecule is COCCOc1ccc(NC(=O)OC(C)(C)C)cn1. The van der Waals surface area contributed by atoms with Gasteiger partial charge in [-0.15, -0.1) is 0 Å². The van der Waals surface area contributed by atoms with Gasteiger partial charge in [-0.2, -0.15) is 0 Å². The number of hydrogen-bond donors (Lipinski definition) is 1. The molecule has 19 heavy (non-hydrogen) atoms. The Labute approximate surface area is 113 Å². The summed E-state index contributed by atoms with van der Waals surface area (Å²) in [6.07, 6.45) is 0.994. The van der Waals surface area contributed by atoms with E-state index < -0.39 is 11.7 Å². The maximum Gasteiger partial charge on any atom is 0.412 e. The van der Waals surface area contributed by atoms with E-state index in [1.807, 2.05) is 0 Å². The number of amides is 1. The van der Waals surface area contributed by atoms with Crippen molar-refractivity contribution in [2.75, 3.05) is 25.6 Å². The summed E-state index contributed by atoms with van der Waals surface area (Å²) in [6, 6.07) is 3.36. The zero-order valence-corrected chi connectivity index (χ0v) is 11.7. The molecule has 6 heteroatoms. The van der Waals surface area contributed by atoms with Crippen LogP contribution >= 0.6 is 0 Å². The molecule has 0 fully saturated rings. The molecular formula is C13H20N2O4. The molecule has 0 aliphatic heterocycles. The van der Waals surface area contributed by atoms with Crippen LogP contribution in [0.4, 0.5) is 10.5 Å². The van der Waals surface area contributed by atoms with Gasteiger partial charge in [-0.3, -0.25) is 5.32 Å². The van der Waals surface area contributed by atoms with Crippen LogP contribution in [0, 0.1) is 0 Å². The topological polar surface area (TPSA) is 69.7 Å². The minimum Gasteiger partial charge on any atom is -0.475 e. The van der Waals surface area contributed by atoms with Gasteiger partial charge in [0.15, 0.2) is 0 Å². The molecule has 0 saturated heterocycles. The van der Waals surface area contributed by atoms with Crippen LogP contribution in [-0.4, -0.2) is 37.0 Å². The fraction of sp³-hybridized carbons (Fsp3) is 0.538. The Hall–Kier alpha value is -1.82. The van der Waals surface area contributed by atoms with Gasteiger partial charge in [0.1, 0.15) is 12.2 Å². The summed E-state index contributed by atoms with van der Waals surface area (Å²) in [5.74, 6) is 0.479. The summed E-state index contributed by atoms with van der Waals surface area (Å²) in [5.41, 5.74) is 0.0223. The van der Waals surface area contributed by atoms with Gasteiger partial charge in [-0.05, 0) is 26.8 Å². The first kappa shape index (κ1) is 15.2. The van der Waals surface area contributed by atoms with Crippen LogP contribution in [0.15, 0.2) is 18.3 Å². The van der Waals surface area contributed by atoms with Gasteiger partial charge in [-0.25, -0.2) is 9.78 Å². The Bertz CT molecular complexity index is 398. The Morgan fingerprint density at radius 3 is 2.58 bits per heavy atom. The molecule has 1 rings (SSSR count). The first-order valence-electron chi connectivity index (χ1n) is 5.98. The largest absolute Gasteiger partial charge is 0.475 e. The fourth-order valence-corrected chi connectivity index (χ4v) is 1.19. The third kappa shape index (κ3) is 6.61. The van der Waals surface area contributed by atoms with Gasteiger partial charge < -0.3 is 14.2 Å². The lowest BCUT2D eigenvalue weighted by Gasteiger charge is -2.19. The highest BCUT2D eigenvalue weighted by atomic mass is 16.6. The van der Waals surface area contributed by atoms with E-state index >= 15 is 0 Å². The van der Waals surface area contributed by atoms with E-state index in [2.05, 4.69) is 10.3 Å². The van der Waals surface area contributed by atoms with Gasteiger partial charge in [-0.1, -0.05) is 0 Å². The van der Waals surface area contributed by atoms with Crippen molar-refractivity contribution in [3.8, 4) is 5.88 Å². The number of pyridine rings is 1. The number of nitrogens with one attached hydrogen (secondary N) is 1.